The zero-order valence-electron chi connectivity index (χ0n) is 14.7. The number of nitrogens with zero attached hydrogens (tertiary/aromatic N) is 1. The number of amides is 1. The van der Waals surface area contributed by atoms with E-state index in [1.807, 2.05) is 50.2 Å². The van der Waals surface area contributed by atoms with E-state index in [-0.39, 0.29) is 18.1 Å². The van der Waals surface area contributed by atoms with Gasteiger partial charge in [-0.15, -0.1) is 0 Å². The molecule has 26 heavy (non-hydrogen) atoms. The topological polar surface area (TPSA) is 67.8 Å². The number of carbonyl (C=O) groups is 2. The molecule has 1 unspecified atom stereocenters. The van der Waals surface area contributed by atoms with Gasteiger partial charge in [0.05, 0.1) is 17.5 Å². The maximum Gasteiger partial charge on any atom is 0.240 e. The first kappa shape index (κ1) is 18.2. The van der Waals surface area contributed by atoms with E-state index in [1.165, 1.54) is 11.8 Å². The Bertz CT molecular complexity index is 829. The third-order valence-corrected chi connectivity index (χ3v) is 4.98. The van der Waals surface area contributed by atoms with E-state index >= 15 is 0 Å². The van der Waals surface area contributed by atoms with Crippen LogP contribution in [0.25, 0.3) is 0 Å². The van der Waals surface area contributed by atoms with Crippen LogP contribution in [0.3, 0.4) is 0 Å². The Morgan fingerprint density at radius 1 is 1.15 bits per heavy atom. The molecule has 1 amide bonds. The van der Waals surface area contributed by atoms with Crippen LogP contribution >= 0.6 is 11.8 Å². The summed E-state index contributed by atoms with van der Waals surface area (Å²) in [4.78, 5) is 29.0. The number of aryl methyl sites for hydroxylation is 1. The standard InChI is InChI=1S/C20H20N2O3S/c1-3-25-16-10-8-15(9-11-16)21-20-22-19(24)18(26-20)12-17(23)14-6-4-13(2)5-7-14/h4-11,18H,3,12H2,1-2H3,(H,21,22,24). The number of ketones is 1. The fraction of sp³-hybridized carbons (Fsp3) is 0.250. The summed E-state index contributed by atoms with van der Waals surface area (Å²) in [7, 11) is 0. The number of ether oxygens (including phenoxy) is 1. The molecule has 3 rings (SSSR count). The van der Waals surface area contributed by atoms with E-state index in [0.29, 0.717) is 17.3 Å². The van der Waals surface area contributed by atoms with Crippen LogP contribution in [0.1, 0.15) is 29.3 Å². The Morgan fingerprint density at radius 3 is 2.50 bits per heavy atom. The molecule has 1 saturated heterocycles. The Labute approximate surface area is 156 Å². The lowest BCUT2D eigenvalue weighted by Gasteiger charge is -2.05. The highest BCUT2D eigenvalue weighted by Gasteiger charge is 2.32. The predicted octanol–water partition coefficient (Wildman–Crippen LogP) is 3.89. The first-order chi connectivity index (χ1) is 12.5. The summed E-state index contributed by atoms with van der Waals surface area (Å²) in [5.74, 6) is 0.557. The third-order valence-electron chi connectivity index (χ3n) is 3.90. The molecule has 2 aromatic carbocycles. The second-order valence-corrected chi connectivity index (χ2v) is 7.12. The quantitative estimate of drug-likeness (QED) is 0.786. The van der Waals surface area contributed by atoms with Gasteiger partial charge in [0, 0.05) is 12.0 Å². The van der Waals surface area contributed by atoms with Crippen molar-refractivity contribution in [2.75, 3.05) is 6.61 Å². The summed E-state index contributed by atoms with van der Waals surface area (Å²) in [5, 5.41) is 2.81. The molecule has 1 aliphatic heterocycles. The van der Waals surface area contributed by atoms with Crippen molar-refractivity contribution in [3.8, 4) is 5.75 Å². The highest BCUT2D eigenvalue weighted by Crippen LogP contribution is 2.27. The van der Waals surface area contributed by atoms with E-state index in [2.05, 4.69) is 10.3 Å². The van der Waals surface area contributed by atoms with E-state index in [1.54, 1.807) is 12.1 Å². The molecule has 0 spiro atoms. The van der Waals surface area contributed by atoms with Crippen LogP contribution in [-0.2, 0) is 4.79 Å². The molecule has 0 bridgehead atoms. The first-order valence-corrected chi connectivity index (χ1v) is 9.32. The molecule has 0 radical (unpaired) electrons. The smallest absolute Gasteiger partial charge is 0.240 e. The molecule has 134 valence electrons. The Kier molecular flexibility index (Phi) is 5.73. The minimum absolute atomic E-state index is 0.0417. The lowest BCUT2D eigenvalue weighted by atomic mass is 10.0. The van der Waals surface area contributed by atoms with Crippen molar-refractivity contribution < 1.29 is 14.3 Å². The van der Waals surface area contributed by atoms with Gasteiger partial charge in [-0.05, 0) is 38.1 Å². The van der Waals surface area contributed by atoms with E-state index in [0.717, 1.165) is 17.0 Å². The zero-order valence-corrected chi connectivity index (χ0v) is 15.5. The lowest BCUT2D eigenvalue weighted by molar-refractivity contribution is -0.118. The van der Waals surface area contributed by atoms with Gasteiger partial charge in [-0.3, -0.25) is 9.59 Å². The maximum atomic E-state index is 12.4. The maximum absolute atomic E-state index is 12.4. The van der Waals surface area contributed by atoms with Crippen molar-refractivity contribution in [3.63, 3.8) is 0 Å². The van der Waals surface area contributed by atoms with Crippen LogP contribution in [-0.4, -0.2) is 28.7 Å². The van der Waals surface area contributed by atoms with Crippen molar-refractivity contribution in [1.82, 2.24) is 5.32 Å². The van der Waals surface area contributed by atoms with Gasteiger partial charge < -0.3 is 10.1 Å². The molecule has 5 nitrogen and oxygen atoms in total. The fourth-order valence-corrected chi connectivity index (χ4v) is 3.51. The average Bonchev–Trinajstić information content (AvgIpc) is 2.96. The fourth-order valence-electron chi connectivity index (χ4n) is 2.52. The van der Waals surface area contributed by atoms with Crippen molar-refractivity contribution in [2.24, 2.45) is 4.99 Å². The van der Waals surface area contributed by atoms with Crippen LogP contribution < -0.4 is 10.1 Å². The van der Waals surface area contributed by atoms with Crippen molar-refractivity contribution >= 4 is 34.3 Å². The number of nitrogens with one attached hydrogen (secondary N) is 1. The van der Waals surface area contributed by atoms with Gasteiger partial charge in [-0.2, -0.15) is 0 Å². The zero-order chi connectivity index (χ0) is 18.5. The minimum Gasteiger partial charge on any atom is -0.494 e. The second kappa shape index (κ2) is 8.19. The summed E-state index contributed by atoms with van der Waals surface area (Å²) in [6.07, 6.45) is 0.155. The molecule has 6 heteroatoms. The molecule has 1 atom stereocenters. The van der Waals surface area contributed by atoms with Gasteiger partial charge in [0.1, 0.15) is 5.75 Å². The van der Waals surface area contributed by atoms with Gasteiger partial charge in [0.2, 0.25) is 5.91 Å². The van der Waals surface area contributed by atoms with Crippen molar-refractivity contribution in [3.05, 3.63) is 59.7 Å². The number of Topliss-reactive ketones (excluding diaryl/α,β-unsaturated/α-hetero) is 1. The average molecular weight is 368 g/mol. The second-order valence-electron chi connectivity index (χ2n) is 5.93. The molecule has 0 saturated carbocycles. The molecule has 1 heterocycles. The summed E-state index contributed by atoms with van der Waals surface area (Å²) < 4.78 is 5.40. The number of benzene rings is 2. The van der Waals surface area contributed by atoms with Crippen molar-refractivity contribution in [1.29, 1.82) is 0 Å². The van der Waals surface area contributed by atoms with Crippen LogP contribution in [0.4, 0.5) is 5.69 Å². The normalized spacial score (nSPS) is 18.0. The van der Waals surface area contributed by atoms with Crippen LogP contribution in [0.5, 0.6) is 5.75 Å². The van der Waals surface area contributed by atoms with Gasteiger partial charge in [-0.25, -0.2) is 4.99 Å². The SMILES string of the molecule is CCOc1ccc(N=C2NC(=O)C(CC(=O)c3ccc(C)cc3)S2)cc1. The highest BCUT2D eigenvalue weighted by molar-refractivity contribution is 8.15. The molecule has 2 aromatic rings. The summed E-state index contributed by atoms with van der Waals surface area (Å²) in [6, 6.07) is 14.7. The van der Waals surface area contributed by atoms with Gasteiger partial charge in [-0.1, -0.05) is 41.6 Å². The monoisotopic (exact) mass is 368 g/mol. The molecular formula is C20H20N2O3S. The number of thioether (sulfide) groups is 1. The summed E-state index contributed by atoms with van der Waals surface area (Å²) in [6.45, 7) is 4.51. The Hall–Kier alpha value is -2.60. The van der Waals surface area contributed by atoms with Crippen LogP contribution in [0.15, 0.2) is 53.5 Å². The molecule has 1 aliphatic rings. The number of carbonyl (C=O) groups excluding carboxylic acids is 2. The van der Waals surface area contributed by atoms with Crippen LogP contribution in [0.2, 0.25) is 0 Å². The van der Waals surface area contributed by atoms with Crippen LogP contribution in [0, 0.1) is 6.92 Å². The minimum atomic E-state index is -0.453. The van der Waals surface area contributed by atoms with E-state index in [4.69, 9.17) is 4.74 Å². The van der Waals surface area contributed by atoms with Crippen molar-refractivity contribution in [2.45, 2.75) is 25.5 Å². The number of rotatable bonds is 6. The largest absolute Gasteiger partial charge is 0.494 e. The van der Waals surface area contributed by atoms with E-state index in [9.17, 15) is 9.59 Å². The highest BCUT2D eigenvalue weighted by atomic mass is 32.2. The number of aliphatic imine (C=N–C) groups is 1. The number of hydrogen-bond acceptors (Lipinski definition) is 5. The molecule has 0 aromatic heterocycles. The molecule has 1 N–H and O–H groups in total. The summed E-state index contributed by atoms with van der Waals surface area (Å²) in [5.41, 5.74) is 2.45. The number of hydrogen-bond donors (Lipinski definition) is 1. The lowest BCUT2D eigenvalue weighted by Crippen LogP contribution is -2.26. The van der Waals surface area contributed by atoms with Gasteiger partial charge in [0.25, 0.3) is 0 Å². The summed E-state index contributed by atoms with van der Waals surface area (Å²) >= 11 is 1.29. The van der Waals surface area contributed by atoms with E-state index < -0.39 is 5.25 Å². The Balaban J connectivity index is 1.64. The Morgan fingerprint density at radius 2 is 1.85 bits per heavy atom. The van der Waals surface area contributed by atoms with Gasteiger partial charge in [0.15, 0.2) is 11.0 Å². The first-order valence-electron chi connectivity index (χ1n) is 8.44. The van der Waals surface area contributed by atoms with Gasteiger partial charge >= 0.3 is 0 Å². The molecule has 0 aliphatic carbocycles. The molecule has 1 fully saturated rings. The number of amidine groups is 1. The predicted molar refractivity (Wildman–Crippen MR) is 104 cm³/mol. The molecular weight excluding hydrogens is 348 g/mol. The third kappa shape index (κ3) is 4.52.